The third kappa shape index (κ3) is 4.06. The Labute approximate surface area is 175 Å². The zero-order valence-electron chi connectivity index (χ0n) is 16.6. The quantitative estimate of drug-likeness (QED) is 0.468. The lowest BCUT2D eigenvalue weighted by Gasteiger charge is -2.11. The summed E-state index contributed by atoms with van der Waals surface area (Å²) in [5.41, 5.74) is 5.76. The number of carbonyl (C=O) groups is 1. The minimum absolute atomic E-state index is 0.126. The third-order valence-corrected chi connectivity index (χ3v) is 5.22. The zero-order valence-corrected chi connectivity index (χ0v) is 17.3. The highest BCUT2D eigenvalue weighted by Gasteiger charge is 2.30. The molecule has 0 N–H and O–H groups in total. The first-order chi connectivity index (χ1) is 13.9. The highest BCUT2D eigenvalue weighted by atomic mass is 35.5. The first kappa shape index (κ1) is 19.3. The fourth-order valence-corrected chi connectivity index (χ4v) is 3.62. The van der Waals surface area contributed by atoms with Gasteiger partial charge in [-0.05, 0) is 67.3 Å². The first-order valence-electron chi connectivity index (χ1n) is 9.44. The van der Waals surface area contributed by atoms with Crippen LogP contribution in [0.3, 0.4) is 0 Å². The smallest absolute Gasteiger partial charge is 0.232 e. The number of hydrogen-bond donors (Lipinski definition) is 0. The number of rotatable bonds is 4. The summed E-state index contributed by atoms with van der Waals surface area (Å²) < 4.78 is 11.9. The van der Waals surface area contributed by atoms with Gasteiger partial charge < -0.3 is 9.47 Å². The van der Waals surface area contributed by atoms with E-state index in [1.807, 2.05) is 25.1 Å². The molecule has 0 unspecified atom stereocenters. The maximum Gasteiger partial charge on any atom is 0.232 e. The van der Waals surface area contributed by atoms with Gasteiger partial charge in [0.05, 0.1) is 5.56 Å². The Hall–Kier alpha value is -3.04. The van der Waals surface area contributed by atoms with Crippen LogP contribution in [0.25, 0.3) is 6.08 Å². The van der Waals surface area contributed by atoms with E-state index < -0.39 is 0 Å². The molecule has 0 atom stereocenters. The molecule has 4 rings (SSSR count). The lowest BCUT2D eigenvalue weighted by atomic mass is 10.0. The molecule has 1 aliphatic rings. The van der Waals surface area contributed by atoms with Gasteiger partial charge in [0.25, 0.3) is 0 Å². The predicted octanol–water partition coefficient (Wildman–Crippen LogP) is 6.46. The van der Waals surface area contributed by atoms with Crippen LogP contribution >= 0.6 is 11.6 Å². The van der Waals surface area contributed by atoms with Crippen LogP contribution in [-0.2, 0) is 6.61 Å². The SMILES string of the molecule is Cc1ccc(C)c(COc2cc(C)c3c(c2)O/C(=C\c2cccc(Cl)c2)C3=O)c1. The molecule has 0 bridgehead atoms. The predicted molar refractivity (Wildman–Crippen MR) is 116 cm³/mol. The standard InChI is InChI=1S/C25H21ClO3/c1-15-7-8-16(2)19(9-15)14-28-21-10-17(3)24-22(13-21)29-23(25(24)27)12-18-5-4-6-20(26)11-18/h4-13H,14H2,1-3H3/b23-12-. The molecule has 0 radical (unpaired) electrons. The lowest BCUT2D eigenvalue weighted by Crippen LogP contribution is -2.00. The van der Waals surface area contributed by atoms with Crippen molar-refractivity contribution in [3.8, 4) is 11.5 Å². The van der Waals surface area contributed by atoms with E-state index in [0.717, 1.165) is 16.7 Å². The highest BCUT2D eigenvalue weighted by molar-refractivity contribution is 6.30. The molecule has 0 aromatic heterocycles. The maximum absolute atomic E-state index is 12.8. The van der Waals surface area contributed by atoms with Crippen LogP contribution < -0.4 is 9.47 Å². The molecule has 3 aromatic carbocycles. The number of fused-ring (bicyclic) bond motifs is 1. The van der Waals surface area contributed by atoms with Gasteiger partial charge in [-0.25, -0.2) is 0 Å². The normalized spacial score (nSPS) is 14.1. The molecule has 0 amide bonds. The molecule has 29 heavy (non-hydrogen) atoms. The zero-order chi connectivity index (χ0) is 20.5. The van der Waals surface area contributed by atoms with Crippen molar-refractivity contribution in [2.45, 2.75) is 27.4 Å². The maximum atomic E-state index is 12.8. The molecular formula is C25H21ClO3. The molecule has 0 spiro atoms. The molecule has 0 aliphatic carbocycles. The minimum atomic E-state index is -0.126. The number of Topliss-reactive ketones (excluding diaryl/α,β-unsaturated/α-hetero) is 1. The molecule has 1 aliphatic heterocycles. The van der Waals surface area contributed by atoms with Gasteiger partial charge in [-0.1, -0.05) is 47.5 Å². The van der Waals surface area contributed by atoms with Gasteiger partial charge in [0.15, 0.2) is 5.76 Å². The van der Waals surface area contributed by atoms with Gasteiger partial charge in [-0.2, -0.15) is 0 Å². The summed E-state index contributed by atoms with van der Waals surface area (Å²) >= 11 is 6.04. The molecule has 0 saturated heterocycles. The molecule has 0 saturated carbocycles. The Morgan fingerprint density at radius 3 is 2.62 bits per heavy atom. The topological polar surface area (TPSA) is 35.5 Å². The van der Waals surface area contributed by atoms with Crippen molar-refractivity contribution < 1.29 is 14.3 Å². The van der Waals surface area contributed by atoms with E-state index in [2.05, 4.69) is 32.0 Å². The van der Waals surface area contributed by atoms with Crippen LogP contribution in [0.5, 0.6) is 11.5 Å². The molecular weight excluding hydrogens is 384 g/mol. The summed E-state index contributed by atoms with van der Waals surface area (Å²) in [4.78, 5) is 12.8. The summed E-state index contributed by atoms with van der Waals surface area (Å²) in [6.45, 7) is 6.49. The summed E-state index contributed by atoms with van der Waals surface area (Å²) in [7, 11) is 0. The Bertz CT molecular complexity index is 1140. The van der Waals surface area contributed by atoms with E-state index in [-0.39, 0.29) is 11.5 Å². The van der Waals surface area contributed by atoms with Crippen LogP contribution in [0, 0.1) is 20.8 Å². The average Bonchev–Trinajstić information content (AvgIpc) is 2.98. The lowest BCUT2D eigenvalue weighted by molar-refractivity contribution is 0.101. The first-order valence-corrected chi connectivity index (χ1v) is 9.82. The number of allylic oxidation sites excluding steroid dienone is 1. The van der Waals surface area contributed by atoms with Crippen molar-refractivity contribution in [1.29, 1.82) is 0 Å². The van der Waals surface area contributed by atoms with E-state index in [4.69, 9.17) is 21.1 Å². The Kier molecular flexibility index (Phi) is 5.16. The Morgan fingerprint density at radius 1 is 1.00 bits per heavy atom. The van der Waals surface area contributed by atoms with Crippen LogP contribution in [0.4, 0.5) is 0 Å². The van der Waals surface area contributed by atoms with Crippen molar-refractivity contribution in [2.75, 3.05) is 0 Å². The van der Waals surface area contributed by atoms with Crippen molar-refractivity contribution in [3.05, 3.63) is 98.8 Å². The highest BCUT2D eigenvalue weighted by Crippen LogP contribution is 2.38. The number of halogens is 1. The van der Waals surface area contributed by atoms with E-state index in [0.29, 0.717) is 28.7 Å². The van der Waals surface area contributed by atoms with Crippen LogP contribution in [-0.4, -0.2) is 5.78 Å². The Balaban J connectivity index is 1.58. The summed E-state index contributed by atoms with van der Waals surface area (Å²) in [6.07, 6.45) is 1.71. The van der Waals surface area contributed by atoms with E-state index in [1.165, 1.54) is 11.1 Å². The van der Waals surface area contributed by atoms with E-state index in [1.54, 1.807) is 24.3 Å². The fourth-order valence-electron chi connectivity index (χ4n) is 3.43. The summed E-state index contributed by atoms with van der Waals surface area (Å²) in [5, 5.41) is 0.612. The van der Waals surface area contributed by atoms with Gasteiger partial charge in [0.2, 0.25) is 5.78 Å². The molecule has 3 aromatic rings. The number of ether oxygens (including phenoxy) is 2. The summed E-state index contributed by atoms with van der Waals surface area (Å²) in [6, 6.07) is 17.3. The van der Waals surface area contributed by atoms with Gasteiger partial charge >= 0.3 is 0 Å². The van der Waals surface area contributed by atoms with Crippen molar-refractivity contribution in [2.24, 2.45) is 0 Å². The van der Waals surface area contributed by atoms with Crippen molar-refractivity contribution >= 4 is 23.5 Å². The monoisotopic (exact) mass is 404 g/mol. The largest absolute Gasteiger partial charge is 0.489 e. The number of aryl methyl sites for hydroxylation is 3. The minimum Gasteiger partial charge on any atom is -0.489 e. The average molecular weight is 405 g/mol. The van der Waals surface area contributed by atoms with Crippen LogP contribution in [0.15, 0.2) is 60.4 Å². The van der Waals surface area contributed by atoms with Gasteiger partial charge in [0, 0.05) is 11.1 Å². The molecule has 1 heterocycles. The fraction of sp³-hybridized carbons (Fsp3) is 0.160. The molecule has 3 nitrogen and oxygen atoms in total. The van der Waals surface area contributed by atoms with Gasteiger partial charge in [-0.3, -0.25) is 4.79 Å². The Morgan fingerprint density at radius 2 is 1.83 bits per heavy atom. The van der Waals surface area contributed by atoms with Crippen molar-refractivity contribution in [1.82, 2.24) is 0 Å². The number of hydrogen-bond acceptors (Lipinski definition) is 3. The van der Waals surface area contributed by atoms with Crippen LogP contribution in [0.1, 0.15) is 38.2 Å². The van der Waals surface area contributed by atoms with Gasteiger partial charge in [0.1, 0.15) is 18.1 Å². The van der Waals surface area contributed by atoms with Gasteiger partial charge in [-0.15, -0.1) is 0 Å². The molecule has 4 heteroatoms. The second kappa shape index (κ2) is 7.76. The van der Waals surface area contributed by atoms with E-state index in [9.17, 15) is 4.79 Å². The van der Waals surface area contributed by atoms with Crippen LogP contribution in [0.2, 0.25) is 5.02 Å². The number of benzene rings is 3. The summed E-state index contributed by atoms with van der Waals surface area (Å²) in [5.74, 6) is 1.37. The second-order valence-corrected chi connectivity index (χ2v) is 7.76. The van der Waals surface area contributed by atoms with Crippen molar-refractivity contribution in [3.63, 3.8) is 0 Å². The third-order valence-electron chi connectivity index (χ3n) is 4.99. The molecule has 0 fully saturated rings. The van der Waals surface area contributed by atoms with E-state index >= 15 is 0 Å². The molecule has 146 valence electrons. The second-order valence-electron chi connectivity index (χ2n) is 7.33. The number of ketones is 1. The number of carbonyl (C=O) groups excluding carboxylic acids is 1.